The third-order valence-electron chi connectivity index (χ3n) is 4.22. The van der Waals surface area contributed by atoms with Gasteiger partial charge in [0.15, 0.2) is 0 Å². The van der Waals surface area contributed by atoms with Crippen molar-refractivity contribution in [3.8, 4) is 0 Å². The fraction of sp³-hybridized carbons (Fsp3) is 0.250. The Morgan fingerprint density at radius 2 is 1.96 bits per heavy atom. The summed E-state index contributed by atoms with van der Waals surface area (Å²) in [4.78, 5) is 17.5. The van der Waals surface area contributed by atoms with Gasteiger partial charge in [-0.05, 0) is 49.7 Å². The number of hydrogen-bond acceptors (Lipinski definition) is 2. The van der Waals surface area contributed by atoms with Crippen molar-refractivity contribution in [1.82, 2.24) is 10.3 Å². The van der Waals surface area contributed by atoms with E-state index in [2.05, 4.69) is 34.3 Å². The number of fused-ring (bicyclic) bond motifs is 1. The van der Waals surface area contributed by atoms with Crippen LogP contribution in [0.15, 0.2) is 54.6 Å². The summed E-state index contributed by atoms with van der Waals surface area (Å²) >= 11 is 0. The summed E-state index contributed by atoms with van der Waals surface area (Å²) in [7, 11) is 0. The van der Waals surface area contributed by atoms with Crippen molar-refractivity contribution in [1.29, 1.82) is 0 Å². The maximum Gasteiger partial charge on any atom is 0.267 e. The predicted octanol–water partition coefficient (Wildman–Crippen LogP) is 3.95. The molecular weight excluding hydrogens is 317 g/mol. The first-order chi connectivity index (χ1) is 12.2. The van der Waals surface area contributed by atoms with Crippen LogP contribution in [0.2, 0.25) is 0 Å². The molecule has 2 N–H and O–H groups in total. The van der Waals surface area contributed by atoms with Crippen molar-refractivity contribution in [2.45, 2.75) is 13.3 Å². The Labute approximate surface area is 146 Å². The molecule has 0 bridgehead atoms. The normalized spacial score (nSPS) is 10.8. The number of H-pyrrole nitrogens is 1. The van der Waals surface area contributed by atoms with Crippen LogP contribution in [0.3, 0.4) is 0 Å². The molecule has 4 nitrogen and oxygen atoms in total. The van der Waals surface area contributed by atoms with Gasteiger partial charge in [0, 0.05) is 36.2 Å². The largest absolute Gasteiger partial charge is 0.372 e. The average molecular weight is 339 g/mol. The summed E-state index contributed by atoms with van der Waals surface area (Å²) in [5, 5.41) is 3.62. The zero-order valence-electron chi connectivity index (χ0n) is 14.3. The van der Waals surface area contributed by atoms with Gasteiger partial charge < -0.3 is 15.2 Å². The standard InChI is InChI=1S/C20H22FN3O/c1-2-24(17-7-4-3-5-8-17)12-6-11-22-20(25)19-14-15-13-16(21)9-10-18(15)23-19/h3-5,7-10,13-14,23H,2,6,11-12H2,1H3,(H,22,25). The molecule has 0 spiro atoms. The molecule has 25 heavy (non-hydrogen) atoms. The summed E-state index contributed by atoms with van der Waals surface area (Å²) in [6, 6.07) is 16.3. The van der Waals surface area contributed by atoms with Crippen LogP contribution in [0.1, 0.15) is 23.8 Å². The molecule has 3 rings (SSSR count). The Balaban J connectivity index is 1.51. The quantitative estimate of drug-likeness (QED) is 0.640. The van der Waals surface area contributed by atoms with Gasteiger partial charge in [0.2, 0.25) is 0 Å². The lowest BCUT2D eigenvalue weighted by atomic mass is 10.2. The topological polar surface area (TPSA) is 48.1 Å². The molecule has 3 aromatic rings. The zero-order valence-corrected chi connectivity index (χ0v) is 14.3. The smallest absolute Gasteiger partial charge is 0.267 e. The highest BCUT2D eigenvalue weighted by atomic mass is 19.1. The number of anilines is 1. The number of carbonyl (C=O) groups excluding carboxylic acids is 1. The lowest BCUT2D eigenvalue weighted by molar-refractivity contribution is 0.0949. The van der Waals surface area contributed by atoms with Crippen LogP contribution in [0.5, 0.6) is 0 Å². The monoisotopic (exact) mass is 339 g/mol. The molecular formula is C20H22FN3O. The number of amides is 1. The van der Waals surface area contributed by atoms with Gasteiger partial charge in [-0.3, -0.25) is 4.79 Å². The first kappa shape index (κ1) is 17.0. The number of hydrogen-bond donors (Lipinski definition) is 2. The van der Waals surface area contributed by atoms with Gasteiger partial charge in [0.25, 0.3) is 5.91 Å². The Hall–Kier alpha value is -2.82. The van der Waals surface area contributed by atoms with Crippen LogP contribution in [0.4, 0.5) is 10.1 Å². The second-order valence-electron chi connectivity index (χ2n) is 5.94. The summed E-state index contributed by atoms with van der Waals surface area (Å²) < 4.78 is 13.2. The summed E-state index contributed by atoms with van der Waals surface area (Å²) in [6.07, 6.45) is 0.851. The number of aromatic nitrogens is 1. The molecule has 5 heteroatoms. The van der Waals surface area contributed by atoms with E-state index in [0.717, 1.165) is 25.0 Å². The number of nitrogens with zero attached hydrogens (tertiary/aromatic N) is 1. The average Bonchev–Trinajstić information content (AvgIpc) is 3.05. The lowest BCUT2D eigenvalue weighted by Gasteiger charge is -2.23. The van der Waals surface area contributed by atoms with Crippen LogP contribution in [0, 0.1) is 5.82 Å². The third kappa shape index (κ3) is 4.18. The fourth-order valence-corrected chi connectivity index (χ4v) is 2.90. The SMILES string of the molecule is CCN(CCCNC(=O)c1cc2cc(F)ccc2[nH]1)c1ccccc1. The molecule has 130 valence electrons. The molecule has 0 aliphatic rings. The van der Waals surface area contributed by atoms with Gasteiger partial charge in [0.05, 0.1) is 0 Å². The van der Waals surface area contributed by atoms with Crippen LogP contribution in [-0.4, -0.2) is 30.5 Å². The molecule has 0 unspecified atom stereocenters. The third-order valence-corrected chi connectivity index (χ3v) is 4.22. The highest BCUT2D eigenvalue weighted by Crippen LogP contribution is 2.16. The van der Waals surface area contributed by atoms with E-state index in [1.165, 1.54) is 17.8 Å². The number of halogens is 1. The van der Waals surface area contributed by atoms with E-state index in [1.807, 2.05) is 18.2 Å². The van der Waals surface area contributed by atoms with E-state index in [-0.39, 0.29) is 11.7 Å². The van der Waals surface area contributed by atoms with Gasteiger partial charge in [-0.1, -0.05) is 18.2 Å². The highest BCUT2D eigenvalue weighted by molar-refractivity contribution is 5.97. The molecule has 2 aromatic carbocycles. The first-order valence-corrected chi connectivity index (χ1v) is 8.54. The van der Waals surface area contributed by atoms with Gasteiger partial charge >= 0.3 is 0 Å². The van der Waals surface area contributed by atoms with Crippen molar-refractivity contribution in [2.75, 3.05) is 24.5 Å². The molecule has 0 aliphatic carbocycles. The van der Waals surface area contributed by atoms with Crippen LogP contribution in [-0.2, 0) is 0 Å². The van der Waals surface area contributed by atoms with Gasteiger partial charge in [-0.15, -0.1) is 0 Å². The van der Waals surface area contributed by atoms with E-state index < -0.39 is 0 Å². The zero-order chi connectivity index (χ0) is 17.6. The Morgan fingerprint density at radius 1 is 1.16 bits per heavy atom. The minimum absolute atomic E-state index is 0.167. The van der Waals surface area contributed by atoms with Gasteiger partial charge in [0.1, 0.15) is 11.5 Å². The second kappa shape index (κ2) is 7.83. The number of benzene rings is 2. The van der Waals surface area contributed by atoms with Crippen molar-refractivity contribution < 1.29 is 9.18 Å². The van der Waals surface area contributed by atoms with Crippen molar-refractivity contribution in [3.05, 3.63) is 66.1 Å². The molecule has 1 heterocycles. The Bertz CT molecular complexity index is 845. The van der Waals surface area contributed by atoms with E-state index in [9.17, 15) is 9.18 Å². The maximum atomic E-state index is 13.2. The molecule has 0 aliphatic heterocycles. The lowest BCUT2D eigenvalue weighted by Crippen LogP contribution is -2.30. The number of aromatic amines is 1. The minimum Gasteiger partial charge on any atom is -0.372 e. The Kier molecular flexibility index (Phi) is 5.33. The molecule has 0 saturated heterocycles. The number of carbonyl (C=O) groups is 1. The van der Waals surface area contributed by atoms with E-state index >= 15 is 0 Å². The maximum absolute atomic E-state index is 13.2. The van der Waals surface area contributed by atoms with Crippen molar-refractivity contribution >= 4 is 22.5 Å². The molecule has 0 saturated carbocycles. The molecule has 1 aromatic heterocycles. The number of rotatable bonds is 7. The van der Waals surface area contributed by atoms with E-state index in [0.29, 0.717) is 17.6 Å². The van der Waals surface area contributed by atoms with E-state index in [4.69, 9.17) is 0 Å². The van der Waals surface area contributed by atoms with Crippen LogP contribution >= 0.6 is 0 Å². The Morgan fingerprint density at radius 3 is 2.72 bits per heavy atom. The molecule has 1 amide bonds. The molecule has 0 radical (unpaired) electrons. The summed E-state index contributed by atoms with van der Waals surface area (Å²) in [5.41, 5.74) is 2.40. The first-order valence-electron chi connectivity index (χ1n) is 8.54. The highest BCUT2D eigenvalue weighted by Gasteiger charge is 2.10. The number of nitrogens with one attached hydrogen (secondary N) is 2. The predicted molar refractivity (Wildman–Crippen MR) is 99.5 cm³/mol. The van der Waals surface area contributed by atoms with Gasteiger partial charge in [-0.25, -0.2) is 4.39 Å². The molecule has 0 fully saturated rings. The second-order valence-corrected chi connectivity index (χ2v) is 5.94. The minimum atomic E-state index is -0.306. The van der Waals surface area contributed by atoms with Crippen molar-refractivity contribution in [3.63, 3.8) is 0 Å². The van der Waals surface area contributed by atoms with Crippen LogP contribution in [0.25, 0.3) is 10.9 Å². The van der Waals surface area contributed by atoms with E-state index in [1.54, 1.807) is 12.1 Å². The fourth-order valence-electron chi connectivity index (χ4n) is 2.90. The number of para-hydroxylation sites is 1. The summed E-state index contributed by atoms with van der Waals surface area (Å²) in [5.74, 6) is -0.474. The molecule has 0 atom stereocenters. The van der Waals surface area contributed by atoms with Gasteiger partial charge in [-0.2, -0.15) is 0 Å². The van der Waals surface area contributed by atoms with Crippen molar-refractivity contribution in [2.24, 2.45) is 0 Å². The summed E-state index contributed by atoms with van der Waals surface area (Å²) in [6.45, 7) is 4.51. The van der Waals surface area contributed by atoms with Crippen LogP contribution < -0.4 is 10.2 Å².